The number of esters is 1. The maximum Gasteiger partial charge on any atom is 0.472 e. The van der Waals surface area contributed by atoms with Crippen molar-refractivity contribution in [3.05, 3.63) is 12.2 Å². The van der Waals surface area contributed by atoms with Crippen molar-refractivity contribution in [2.24, 2.45) is 0 Å². The molecule has 0 heterocycles. The Kier molecular flexibility index (Phi) is 30.4. The van der Waals surface area contributed by atoms with Crippen molar-refractivity contribution < 1.29 is 58.3 Å². The van der Waals surface area contributed by atoms with E-state index in [1.54, 1.807) is 0 Å². The Morgan fingerprint density at radius 3 is 1.49 bits per heavy atom. The van der Waals surface area contributed by atoms with E-state index in [1.165, 1.54) is 103 Å². The second-order valence-electron chi connectivity index (χ2n) is 14.8. The van der Waals surface area contributed by atoms with Crippen LogP contribution in [0.3, 0.4) is 0 Å². The van der Waals surface area contributed by atoms with Crippen LogP contribution in [0.25, 0.3) is 0 Å². The lowest BCUT2D eigenvalue weighted by molar-refractivity contribution is -0.220. The fourth-order valence-corrected chi connectivity index (χ4v) is 7.44. The summed E-state index contributed by atoms with van der Waals surface area (Å²) in [6.45, 7) is 4.19. The molecule has 0 spiro atoms. The fraction of sp³-hybridized carbons (Fsp3) is 0.925. The average molecular weight is 781 g/mol. The number of aliphatic hydroxyl groups excluding tert-OH is 5. The number of carbonyl (C=O) groups is 1. The van der Waals surface area contributed by atoms with Crippen LogP contribution in [0.5, 0.6) is 0 Å². The third kappa shape index (κ3) is 25.1. The normalized spacial score (nSPS) is 23.7. The summed E-state index contributed by atoms with van der Waals surface area (Å²) in [6.07, 6.45) is 20.4. The third-order valence-corrected chi connectivity index (χ3v) is 10.9. The van der Waals surface area contributed by atoms with Gasteiger partial charge < -0.3 is 39.9 Å². The second-order valence-corrected chi connectivity index (χ2v) is 16.3. The third-order valence-electron chi connectivity index (χ3n) is 9.89. The monoisotopic (exact) mass is 781 g/mol. The minimum absolute atomic E-state index is 0.0749. The van der Waals surface area contributed by atoms with Gasteiger partial charge in [-0.3, -0.25) is 13.8 Å². The van der Waals surface area contributed by atoms with Gasteiger partial charge in [0.2, 0.25) is 0 Å². The number of phosphoric acid groups is 1. The molecule has 0 aromatic carbocycles. The van der Waals surface area contributed by atoms with Crippen molar-refractivity contribution in [2.45, 2.75) is 217 Å². The van der Waals surface area contributed by atoms with Crippen molar-refractivity contribution in [2.75, 3.05) is 19.8 Å². The molecular formula is C40H77O12P. The minimum Gasteiger partial charge on any atom is -0.457 e. The first-order valence-electron chi connectivity index (χ1n) is 21.0. The van der Waals surface area contributed by atoms with Crippen molar-refractivity contribution in [1.29, 1.82) is 0 Å². The molecule has 1 aliphatic rings. The highest BCUT2D eigenvalue weighted by molar-refractivity contribution is 7.47. The van der Waals surface area contributed by atoms with Crippen LogP contribution in [-0.4, -0.2) is 98.9 Å². The summed E-state index contributed by atoms with van der Waals surface area (Å²) < 4.78 is 33.9. The number of phosphoric ester groups is 1. The first kappa shape index (κ1) is 50.1. The lowest BCUT2D eigenvalue weighted by Crippen LogP contribution is -2.64. The second kappa shape index (κ2) is 32.2. The zero-order valence-electron chi connectivity index (χ0n) is 33.1. The van der Waals surface area contributed by atoms with Gasteiger partial charge in [0.05, 0.1) is 13.2 Å². The molecule has 314 valence electrons. The standard InChI is InChI=1S/C40H77O12P/c1-3-5-7-9-11-12-13-14-15-16-17-18-19-20-21-22-24-26-28-30-49-31-33(51-34(41)29-27-25-23-10-8-6-4-2)32-50-53(47,48)52-40-38(45)36(43)35(42)37(44)39(40)46/h15-16,33,35-40,42-46H,3-14,17-32H2,1-2H3,(H,47,48)/b16-15-. The molecular weight excluding hydrogens is 703 g/mol. The number of unbranched alkanes of at least 4 members (excludes halogenated alkanes) is 21. The Hall–Kier alpha value is -0.920. The predicted molar refractivity (Wildman–Crippen MR) is 207 cm³/mol. The van der Waals surface area contributed by atoms with Crippen molar-refractivity contribution in [3.63, 3.8) is 0 Å². The highest BCUT2D eigenvalue weighted by Gasteiger charge is 2.51. The summed E-state index contributed by atoms with van der Waals surface area (Å²) in [6, 6.07) is 0. The van der Waals surface area contributed by atoms with E-state index < -0.39 is 63.1 Å². The highest BCUT2D eigenvalue weighted by atomic mass is 31.2. The fourth-order valence-electron chi connectivity index (χ4n) is 6.47. The number of carbonyl (C=O) groups excluding carboxylic acids is 1. The Bertz CT molecular complexity index is 937. The summed E-state index contributed by atoms with van der Waals surface area (Å²) in [5.74, 6) is -0.484. The SMILES string of the molecule is CCCCCCCCC/C=C\CCCCCCCCCCOCC(COP(=O)(O)OC1C(O)C(O)C(O)C(O)C1O)OC(=O)CCCCCCCCC. The van der Waals surface area contributed by atoms with Gasteiger partial charge >= 0.3 is 13.8 Å². The summed E-state index contributed by atoms with van der Waals surface area (Å²) in [5.41, 5.74) is 0. The van der Waals surface area contributed by atoms with E-state index in [4.69, 9.17) is 18.5 Å². The van der Waals surface area contributed by atoms with Crippen LogP contribution in [0, 0.1) is 0 Å². The van der Waals surface area contributed by atoms with E-state index in [9.17, 15) is 39.8 Å². The lowest BCUT2D eigenvalue weighted by atomic mass is 9.85. The number of hydrogen-bond donors (Lipinski definition) is 6. The molecule has 6 atom stereocenters. The van der Waals surface area contributed by atoms with Gasteiger partial charge in [-0.2, -0.15) is 0 Å². The Labute approximate surface area is 320 Å². The zero-order chi connectivity index (χ0) is 39.2. The number of allylic oxidation sites excluding steroid dienone is 2. The van der Waals surface area contributed by atoms with E-state index in [2.05, 4.69) is 26.0 Å². The lowest BCUT2D eigenvalue weighted by Gasteiger charge is -2.41. The minimum atomic E-state index is -5.00. The van der Waals surface area contributed by atoms with Gasteiger partial charge in [-0.05, 0) is 38.5 Å². The van der Waals surface area contributed by atoms with E-state index >= 15 is 0 Å². The molecule has 0 aromatic rings. The molecule has 0 aliphatic heterocycles. The van der Waals surface area contributed by atoms with Crippen LogP contribution in [0.15, 0.2) is 12.2 Å². The molecule has 1 saturated carbocycles. The number of ether oxygens (including phenoxy) is 2. The predicted octanol–water partition coefficient (Wildman–Crippen LogP) is 7.58. The molecule has 1 rings (SSSR count). The van der Waals surface area contributed by atoms with Gasteiger partial charge in [0.25, 0.3) is 0 Å². The molecule has 6 N–H and O–H groups in total. The molecule has 53 heavy (non-hydrogen) atoms. The largest absolute Gasteiger partial charge is 0.472 e. The topological polar surface area (TPSA) is 192 Å². The van der Waals surface area contributed by atoms with Gasteiger partial charge in [0.15, 0.2) is 0 Å². The van der Waals surface area contributed by atoms with Crippen LogP contribution in [0.1, 0.15) is 174 Å². The summed E-state index contributed by atoms with van der Waals surface area (Å²) >= 11 is 0. The molecule has 12 nitrogen and oxygen atoms in total. The number of aliphatic hydroxyl groups is 5. The Morgan fingerprint density at radius 2 is 1.00 bits per heavy atom. The van der Waals surface area contributed by atoms with Gasteiger partial charge in [0, 0.05) is 13.0 Å². The molecule has 0 bridgehead atoms. The summed E-state index contributed by atoms with van der Waals surface area (Å²) in [4.78, 5) is 22.9. The maximum atomic E-state index is 12.7. The highest BCUT2D eigenvalue weighted by Crippen LogP contribution is 2.47. The quantitative estimate of drug-likeness (QED) is 0.0160. The molecule has 6 unspecified atom stereocenters. The van der Waals surface area contributed by atoms with E-state index in [0.29, 0.717) is 13.0 Å². The van der Waals surface area contributed by atoms with Gasteiger partial charge in [-0.15, -0.1) is 0 Å². The molecule has 13 heteroatoms. The molecule has 1 aliphatic carbocycles. The smallest absolute Gasteiger partial charge is 0.457 e. The van der Waals surface area contributed by atoms with E-state index in [-0.39, 0.29) is 13.0 Å². The first-order valence-corrected chi connectivity index (χ1v) is 22.5. The van der Waals surface area contributed by atoms with Crippen LogP contribution >= 0.6 is 7.82 Å². The van der Waals surface area contributed by atoms with Crippen molar-refractivity contribution >= 4 is 13.8 Å². The van der Waals surface area contributed by atoms with Crippen molar-refractivity contribution in [3.8, 4) is 0 Å². The van der Waals surface area contributed by atoms with Gasteiger partial charge in [-0.1, -0.05) is 142 Å². The van der Waals surface area contributed by atoms with E-state index in [0.717, 1.165) is 44.9 Å². The summed E-state index contributed by atoms with van der Waals surface area (Å²) in [5, 5.41) is 49.9. The molecule has 0 amide bonds. The average Bonchev–Trinajstić information content (AvgIpc) is 3.14. The molecule has 0 radical (unpaired) electrons. The summed E-state index contributed by atoms with van der Waals surface area (Å²) in [7, 11) is -5.00. The number of rotatable bonds is 35. The number of hydrogen-bond acceptors (Lipinski definition) is 11. The Balaban J connectivity index is 2.34. The van der Waals surface area contributed by atoms with Crippen molar-refractivity contribution in [1.82, 2.24) is 0 Å². The van der Waals surface area contributed by atoms with Crippen LogP contribution in [-0.2, 0) is 27.9 Å². The molecule has 0 saturated heterocycles. The van der Waals surface area contributed by atoms with Crippen LogP contribution < -0.4 is 0 Å². The van der Waals surface area contributed by atoms with Gasteiger partial charge in [-0.25, -0.2) is 4.57 Å². The maximum absolute atomic E-state index is 12.7. The first-order chi connectivity index (χ1) is 25.5. The van der Waals surface area contributed by atoms with E-state index in [1.807, 2.05) is 0 Å². The van der Waals surface area contributed by atoms with Crippen LogP contribution in [0.2, 0.25) is 0 Å². The Morgan fingerprint density at radius 1 is 0.585 bits per heavy atom. The molecule has 0 aromatic heterocycles. The zero-order valence-corrected chi connectivity index (χ0v) is 34.0. The van der Waals surface area contributed by atoms with Gasteiger partial charge in [0.1, 0.15) is 42.7 Å². The molecule has 1 fully saturated rings. The van der Waals surface area contributed by atoms with Crippen LogP contribution in [0.4, 0.5) is 0 Å².